The summed E-state index contributed by atoms with van der Waals surface area (Å²) in [5.41, 5.74) is 4.40. The SMILES string of the molecule is Cc1cc(C#N)cc(C)c1Oc1ccnc(Nc2ccc(C3CCN(S(=O)(=O)C4CC4)CC3)cc2)n1. The zero-order valence-corrected chi connectivity index (χ0v) is 21.3. The van der Waals surface area contributed by atoms with Gasteiger partial charge in [0.1, 0.15) is 5.75 Å². The van der Waals surface area contributed by atoms with E-state index in [9.17, 15) is 8.42 Å². The van der Waals surface area contributed by atoms with E-state index in [2.05, 4.69) is 33.5 Å². The summed E-state index contributed by atoms with van der Waals surface area (Å²) in [6, 6.07) is 15.6. The van der Waals surface area contributed by atoms with Crippen LogP contribution in [0.3, 0.4) is 0 Å². The van der Waals surface area contributed by atoms with Gasteiger partial charge in [0.25, 0.3) is 0 Å². The Kier molecular flexibility index (Phi) is 6.65. The fraction of sp³-hybridized carbons (Fsp3) is 0.370. The fourth-order valence-corrected chi connectivity index (χ4v) is 6.60. The highest BCUT2D eigenvalue weighted by molar-refractivity contribution is 7.90. The molecular formula is C27H29N5O3S. The summed E-state index contributed by atoms with van der Waals surface area (Å²) in [6.45, 7) is 5.01. The topological polar surface area (TPSA) is 108 Å². The van der Waals surface area contributed by atoms with Crippen molar-refractivity contribution in [2.75, 3.05) is 18.4 Å². The number of aryl methyl sites for hydroxylation is 2. The van der Waals surface area contributed by atoms with E-state index >= 15 is 0 Å². The number of sulfonamides is 1. The Morgan fingerprint density at radius 2 is 1.69 bits per heavy atom. The summed E-state index contributed by atoms with van der Waals surface area (Å²) >= 11 is 0. The van der Waals surface area contributed by atoms with Crippen molar-refractivity contribution >= 4 is 21.7 Å². The molecule has 3 aromatic rings. The minimum Gasteiger partial charge on any atom is -0.438 e. The Morgan fingerprint density at radius 1 is 1.03 bits per heavy atom. The van der Waals surface area contributed by atoms with Crippen LogP contribution < -0.4 is 10.1 Å². The first-order valence-electron chi connectivity index (χ1n) is 12.2. The van der Waals surface area contributed by atoms with E-state index in [0.29, 0.717) is 42.1 Å². The number of benzene rings is 2. The lowest BCUT2D eigenvalue weighted by atomic mass is 9.90. The lowest BCUT2D eigenvalue weighted by Gasteiger charge is -2.31. The molecular weight excluding hydrogens is 474 g/mol. The first kappa shape index (κ1) is 24.2. The number of piperidine rings is 1. The second-order valence-electron chi connectivity index (χ2n) is 9.54. The van der Waals surface area contributed by atoms with Gasteiger partial charge >= 0.3 is 0 Å². The quantitative estimate of drug-likeness (QED) is 0.474. The maximum Gasteiger partial charge on any atom is 0.230 e. The predicted molar refractivity (Wildman–Crippen MR) is 138 cm³/mol. The van der Waals surface area contributed by atoms with Crippen LogP contribution in [0.4, 0.5) is 11.6 Å². The molecule has 1 aliphatic heterocycles. The number of aromatic nitrogens is 2. The van der Waals surface area contributed by atoms with E-state index in [0.717, 1.165) is 42.5 Å². The van der Waals surface area contributed by atoms with Crippen molar-refractivity contribution in [3.63, 3.8) is 0 Å². The summed E-state index contributed by atoms with van der Waals surface area (Å²) in [6.07, 6.45) is 4.94. The Labute approximate surface area is 212 Å². The van der Waals surface area contributed by atoms with Crippen molar-refractivity contribution < 1.29 is 13.2 Å². The molecule has 0 spiro atoms. The zero-order chi connectivity index (χ0) is 25.3. The van der Waals surface area contributed by atoms with Gasteiger partial charge in [0, 0.05) is 31.0 Å². The normalized spacial score (nSPS) is 16.9. The average Bonchev–Trinajstić information content (AvgIpc) is 3.73. The van der Waals surface area contributed by atoms with Crippen molar-refractivity contribution in [3.8, 4) is 17.7 Å². The summed E-state index contributed by atoms with van der Waals surface area (Å²) in [7, 11) is -3.08. The van der Waals surface area contributed by atoms with Gasteiger partial charge in [0.2, 0.25) is 21.9 Å². The molecule has 1 saturated heterocycles. The standard InChI is InChI=1S/C27H29N5O3S/c1-18-15-20(17-28)16-19(2)26(18)35-25-9-12-29-27(31-25)30-23-5-3-21(4-6-23)22-10-13-32(14-11-22)36(33,34)24-7-8-24/h3-6,9,12,15-16,22,24H,7-8,10-11,13-14H2,1-2H3,(H,29,30,31). The van der Waals surface area contributed by atoms with Gasteiger partial charge in [-0.2, -0.15) is 10.2 Å². The molecule has 186 valence electrons. The Bertz CT molecular complexity index is 1380. The van der Waals surface area contributed by atoms with E-state index in [-0.39, 0.29) is 5.25 Å². The van der Waals surface area contributed by atoms with Crippen molar-refractivity contribution in [1.82, 2.24) is 14.3 Å². The van der Waals surface area contributed by atoms with Crippen molar-refractivity contribution in [1.29, 1.82) is 5.26 Å². The maximum absolute atomic E-state index is 12.5. The lowest BCUT2D eigenvalue weighted by Crippen LogP contribution is -2.39. The third-order valence-electron chi connectivity index (χ3n) is 6.82. The lowest BCUT2D eigenvalue weighted by molar-refractivity contribution is 0.319. The minimum atomic E-state index is -3.08. The van der Waals surface area contributed by atoms with Crippen molar-refractivity contribution in [3.05, 3.63) is 70.9 Å². The second-order valence-corrected chi connectivity index (χ2v) is 11.7. The summed E-state index contributed by atoms with van der Waals surface area (Å²) in [4.78, 5) is 8.78. The van der Waals surface area contributed by atoms with Crippen LogP contribution in [0.15, 0.2) is 48.7 Å². The Balaban J connectivity index is 1.21. The molecule has 0 radical (unpaired) electrons. The number of hydrogen-bond acceptors (Lipinski definition) is 7. The number of ether oxygens (including phenoxy) is 1. The molecule has 2 heterocycles. The number of rotatable bonds is 7. The van der Waals surface area contributed by atoms with E-state index in [1.807, 2.05) is 26.0 Å². The van der Waals surface area contributed by atoms with Crippen LogP contribution in [0, 0.1) is 25.2 Å². The summed E-state index contributed by atoms with van der Waals surface area (Å²) < 4.78 is 32.7. The van der Waals surface area contributed by atoms with Gasteiger partial charge in [-0.3, -0.25) is 0 Å². The van der Waals surface area contributed by atoms with Gasteiger partial charge in [-0.1, -0.05) is 12.1 Å². The van der Waals surface area contributed by atoms with Gasteiger partial charge in [-0.25, -0.2) is 17.7 Å². The third kappa shape index (κ3) is 5.20. The third-order valence-corrected chi connectivity index (χ3v) is 9.22. The molecule has 0 amide bonds. The van der Waals surface area contributed by atoms with Crippen LogP contribution >= 0.6 is 0 Å². The second kappa shape index (κ2) is 9.88. The highest BCUT2D eigenvalue weighted by Crippen LogP contribution is 2.36. The first-order valence-corrected chi connectivity index (χ1v) is 13.7. The van der Waals surface area contributed by atoms with Crippen LogP contribution in [-0.2, 0) is 10.0 Å². The highest BCUT2D eigenvalue weighted by Gasteiger charge is 2.41. The Hall–Kier alpha value is -3.48. The Morgan fingerprint density at radius 3 is 2.31 bits per heavy atom. The molecule has 2 aromatic carbocycles. The van der Waals surface area contributed by atoms with Crippen LogP contribution in [0.2, 0.25) is 0 Å². The smallest absolute Gasteiger partial charge is 0.230 e. The number of nitrogens with one attached hydrogen (secondary N) is 1. The minimum absolute atomic E-state index is 0.136. The number of nitriles is 1. The molecule has 0 atom stereocenters. The van der Waals surface area contributed by atoms with Gasteiger partial charge in [-0.05, 0) is 86.4 Å². The van der Waals surface area contributed by atoms with Crippen LogP contribution in [0.5, 0.6) is 11.6 Å². The molecule has 36 heavy (non-hydrogen) atoms. The van der Waals surface area contributed by atoms with E-state index in [1.54, 1.807) is 28.7 Å². The molecule has 8 nitrogen and oxygen atoms in total. The molecule has 1 aromatic heterocycles. The first-order chi connectivity index (χ1) is 17.3. The van der Waals surface area contributed by atoms with Gasteiger partial charge in [0.15, 0.2) is 0 Å². The number of nitrogens with zero attached hydrogens (tertiary/aromatic N) is 4. The number of hydrogen-bond donors (Lipinski definition) is 1. The summed E-state index contributed by atoms with van der Waals surface area (Å²) in [5.74, 6) is 1.87. The molecule has 1 saturated carbocycles. The molecule has 9 heteroatoms. The monoisotopic (exact) mass is 503 g/mol. The van der Waals surface area contributed by atoms with Gasteiger partial charge < -0.3 is 10.1 Å². The average molecular weight is 504 g/mol. The molecule has 2 fully saturated rings. The largest absolute Gasteiger partial charge is 0.438 e. The van der Waals surface area contributed by atoms with Crippen LogP contribution in [0.25, 0.3) is 0 Å². The molecule has 2 aliphatic rings. The molecule has 1 N–H and O–H groups in total. The highest BCUT2D eigenvalue weighted by atomic mass is 32.2. The van der Waals surface area contributed by atoms with Crippen molar-refractivity contribution in [2.24, 2.45) is 0 Å². The molecule has 0 bridgehead atoms. The molecule has 1 aliphatic carbocycles. The van der Waals surface area contributed by atoms with E-state index in [1.165, 1.54) is 5.56 Å². The van der Waals surface area contributed by atoms with Crippen LogP contribution in [0.1, 0.15) is 53.9 Å². The predicted octanol–water partition coefficient (Wildman–Crippen LogP) is 5.17. The molecule has 0 unspecified atom stereocenters. The zero-order valence-electron chi connectivity index (χ0n) is 20.4. The van der Waals surface area contributed by atoms with E-state index < -0.39 is 10.0 Å². The van der Waals surface area contributed by atoms with Crippen molar-refractivity contribution in [2.45, 2.75) is 50.7 Å². The van der Waals surface area contributed by atoms with Gasteiger partial charge in [0.05, 0.1) is 16.9 Å². The number of anilines is 2. The van der Waals surface area contributed by atoms with Gasteiger partial charge in [-0.15, -0.1) is 0 Å². The summed E-state index contributed by atoms with van der Waals surface area (Å²) in [5, 5.41) is 12.2. The maximum atomic E-state index is 12.5. The van der Waals surface area contributed by atoms with Crippen LogP contribution in [-0.4, -0.2) is 41.0 Å². The fourth-order valence-electron chi connectivity index (χ4n) is 4.73. The molecule has 5 rings (SSSR count). The van der Waals surface area contributed by atoms with E-state index in [4.69, 9.17) is 10.00 Å².